The van der Waals surface area contributed by atoms with Crippen LogP contribution in [-0.4, -0.2) is 24.3 Å². The molecule has 0 heterocycles. The number of aryl methyl sites for hydroxylation is 1. The number of amides is 1. The van der Waals surface area contributed by atoms with Gasteiger partial charge < -0.3 is 10.1 Å². The lowest BCUT2D eigenvalue weighted by Crippen LogP contribution is -2.37. The summed E-state index contributed by atoms with van der Waals surface area (Å²) in [6.45, 7) is 4.41. The topological polar surface area (TPSA) is 38.3 Å². The highest BCUT2D eigenvalue weighted by atomic mass is 35.5. The smallest absolute Gasteiger partial charge is 0.260 e. The molecule has 26 heavy (non-hydrogen) atoms. The second kappa shape index (κ2) is 10.7. The fraction of sp³-hybridized carbons (Fsp3) is 0.350. The second-order valence-electron chi connectivity index (χ2n) is 5.80. The van der Waals surface area contributed by atoms with Crippen LogP contribution in [0.5, 0.6) is 5.75 Å². The zero-order valence-corrected chi connectivity index (χ0v) is 17.3. The van der Waals surface area contributed by atoms with Gasteiger partial charge >= 0.3 is 0 Å². The van der Waals surface area contributed by atoms with E-state index in [1.165, 1.54) is 0 Å². The number of hydrogen-bond donors (Lipinski definition) is 1. The first-order valence-corrected chi connectivity index (χ1v) is 10.5. The van der Waals surface area contributed by atoms with E-state index in [1.54, 1.807) is 24.8 Å². The molecule has 0 spiro atoms. The van der Waals surface area contributed by atoms with Crippen LogP contribution in [-0.2, 0) is 17.0 Å². The average Bonchev–Trinajstić information content (AvgIpc) is 2.63. The highest BCUT2D eigenvalue weighted by Gasteiger charge is 2.15. The number of benzene rings is 2. The molecule has 0 aliphatic heterocycles. The number of carbonyl (C=O) groups is 1. The Hall–Kier alpha value is -1.36. The Kier molecular flexibility index (Phi) is 8.63. The van der Waals surface area contributed by atoms with E-state index in [-0.39, 0.29) is 5.91 Å². The van der Waals surface area contributed by atoms with Gasteiger partial charge in [0.2, 0.25) is 0 Å². The van der Waals surface area contributed by atoms with Crippen molar-refractivity contribution in [3.05, 3.63) is 63.6 Å². The Bertz CT molecular complexity index is 740. The van der Waals surface area contributed by atoms with Gasteiger partial charge in [0.25, 0.3) is 5.91 Å². The van der Waals surface area contributed by atoms with Crippen molar-refractivity contribution >= 4 is 40.9 Å². The summed E-state index contributed by atoms with van der Waals surface area (Å²) in [6, 6.07) is 13.3. The van der Waals surface area contributed by atoms with Crippen LogP contribution in [0.1, 0.15) is 25.0 Å². The Morgan fingerprint density at radius 1 is 1.19 bits per heavy atom. The molecule has 1 N–H and O–H groups in total. The van der Waals surface area contributed by atoms with Gasteiger partial charge in [-0.15, -0.1) is 0 Å². The molecule has 0 aliphatic carbocycles. The predicted molar refractivity (Wildman–Crippen MR) is 112 cm³/mol. The maximum atomic E-state index is 12.2. The van der Waals surface area contributed by atoms with Crippen molar-refractivity contribution in [3.63, 3.8) is 0 Å². The third kappa shape index (κ3) is 6.42. The van der Waals surface area contributed by atoms with Gasteiger partial charge in [-0.25, -0.2) is 0 Å². The standard InChI is InChI=1S/C20H23Cl2NO2S/c1-3-15-6-4-5-7-19(15)25-14(2)20(24)23-10-11-26-13-16-8-9-17(21)12-18(16)22/h4-9,12,14H,3,10-11,13H2,1-2H3,(H,23,24). The van der Waals surface area contributed by atoms with E-state index in [1.807, 2.05) is 36.4 Å². The minimum Gasteiger partial charge on any atom is -0.481 e. The Morgan fingerprint density at radius 2 is 1.96 bits per heavy atom. The summed E-state index contributed by atoms with van der Waals surface area (Å²) in [5.41, 5.74) is 2.14. The van der Waals surface area contributed by atoms with Crippen LogP contribution in [0.4, 0.5) is 0 Å². The molecule has 2 aromatic rings. The van der Waals surface area contributed by atoms with Crippen molar-refractivity contribution < 1.29 is 9.53 Å². The van der Waals surface area contributed by atoms with Crippen molar-refractivity contribution in [2.75, 3.05) is 12.3 Å². The minimum atomic E-state index is -0.529. The number of hydrogen-bond acceptors (Lipinski definition) is 3. The lowest BCUT2D eigenvalue weighted by Gasteiger charge is -2.16. The first kappa shape index (κ1) is 20.9. The summed E-state index contributed by atoms with van der Waals surface area (Å²) in [5.74, 6) is 2.23. The second-order valence-corrected chi connectivity index (χ2v) is 7.75. The molecule has 3 nitrogen and oxygen atoms in total. The summed E-state index contributed by atoms with van der Waals surface area (Å²) < 4.78 is 5.80. The zero-order valence-electron chi connectivity index (χ0n) is 14.9. The number of carbonyl (C=O) groups excluding carboxylic acids is 1. The molecule has 0 bridgehead atoms. The Balaban J connectivity index is 1.71. The highest BCUT2D eigenvalue weighted by Crippen LogP contribution is 2.24. The third-order valence-electron chi connectivity index (χ3n) is 3.84. The van der Waals surface area contributed by atoms with Crippen molar-refractivity contribution in [1.82, 2.24) is 5.32 Å². The van der Waals surface area contributed by atoms with Gasteiger partial charge in [0.05, 0.1) is 0 Å². The third-order valence-corrected chi connectivity index (χ3v) is 5.44. The molecule has 0 fully saturated rings. The lowest BCUT2D eigenvalue weighted by atomic mass is 10.1. The van der Waals surface area contributed by atoms with Gasteiger partial charge in [-0.2, -0.15) is 11.8 Å². The average molecular weight is 412 g/mol. The molecule has 2 aromatic carbocycles. The first-order valence-electron chi connectivity index (χ1n) is 8.55. The summed E-state index contributed by atoms with van der Waals surface area (Å²) >= 11 is 13.8. The van der Waals surface area contributed by atoms with Gasteiger partial charge in [-0.1, -0.05) is 54.4 Å². The number of halogens is 2. The summed E-state index contributed by atoms with van der Waals surface area (Å²) in [4.78, 5) is 12.2. The fourth-order valence-corrected chi connectivity index (χ4v) is 3.78. The molecule has 0 saturated heterocycles. The van der Waals surface area contributed by atoms with Crippen LogP contribution >= 0.6 is 35.0 Å². The van der Waals surface area contributed by atoms with Crippen LogP contribution < -0.4 is 10.1 Å². The monoisotopic (exact) mass is 411 g/mol. The summed E-state index contributed by atoms with van der Waals surface area (Å²) in [7, 11) is 0. The van der Waals surface area contributed by atoms with Crippen molar-refractivity contribution in [1.29, 1.82) is 0 Å². The van der Waals surface area contributed by atoms with E-state index in [9.17, 15) is 4.79 Å². The Morgan fingerprint density at radius 3 is 2.69 bits per heavy atom. The number of thioether (sulfide) groups is 1. The van der Waals surface area contributed by atoms with Gasteiger partial charge in [0.1, 0.15) is 5.75 Å². The molecule has 6 heteroatoms. The quantitative estimate of drug-likeness (QED) is 0.563. The van der Waals surface area contributed by atoms with Gasteiger partial charge in [0, 0.05) is 28.1 Å². The molecule has 0 aromatic heterocycles. The van der Waals surface area contributed by atoms with Gasteiger partial charge in [-0.3, -0.25) is 4.79 Å². The number of ether oxygens (including phenoxy) is 1. The van der Waals surface area contributed by atoms with Crippen LogP contribution in [0.25, 0.3) is 0 Å². The van der Waals surface area contributed by atoms with Crippen molar-refractivity contribution in [2.45, 2.75) is 32.1 Å². The lowest BCUT2D eigenvalue weighted by molar-refractivity contribution is -0.127. The molecule has 2 rings (SSSR count). The zero-order chi connectivity index (χ0) is 18.9. The molecule has 140 valence electrons. The minimum absolute atomic E-state index is 0.110. The summed E-state index contributed by atoms with van der Waals surface area (Å²) in [5, 5.41) is 4.22. The van der Waals surface area contributed by atoms with Gasteiger partial charge in [0.15, 0.2) is 6.10 Å². The highest BCUT2D eigenvalue weighted by molar-refractivity contribution is 7.98. The predicted octanol–water partition coefficient (Wildman–Crippen LogP) is 5.37. The van der Waals surface area contributed by atoms with E-state index in [2.05, 4.69) is 12.2 Å². The van der Waals surface area contributed by atoms with Crippen molar-refractivity contribution in [2.24, 2.45) is 0 Å². The maximum Gasteiger partial charge on any atom is 0.260 e. The van der Waals surface area contributed by atoms with Crippen molar-refractivity contribution in [3.8, 4) is 5.75 Å². The van der Waals surface area contributed by atoms with E-state index in [4.69, 9.17) is 27.9 Å². The van der Waals surface area contributed by atoms with E-state index < -0.39 is 6.10 Å². The molecule has 1 unspecified atom stereocenters. The molecular formula is C20H23Cl2NO2S. The van der Waals surface area contributed by atoms with Crippen LogP contribution in [0.15, 0.2) is 42.5 Å². The van der Waals surface area contributed by atoms with E-state index in [0.29, 0.717) is 16.6 Å². The molecular weight excluding hydrogens is 389 g/mol. The number of nitrogens with one attached hydrogen (secondary N) is 1. The largest absolute Gasteiger partial charge is 0.481 e. The van der Waals surface area contributed by atoms with Gasteiger partial charge in [-0.05, 0) is 42.7 Å². The molecule has 1 amide bonds. The molecule has 0 saturated carbocycles. The normalized spacial score (nSPS) is 11.8. The first-order chi connectivity index (χ1) is 12.5. The van der Waals surface area contributed by atoms with Crippen LogP contribution in [0.3, 0.4) is 0 Å². The van der Waals surface area contributed by atoms with Crippen LogP contribution in [0.2, 0.25) is 10.0 Å². The van der Waals surface area contributed by atoms with E-state index >= 15 is 0 Å². The SMILES string of the molecule is CCc1ccccc1OC(C)C(=O)NCCSCc1ccc(Cl)cc1Cl. The summed E-state index contributed by atoms with van der Waals surface area (Å²) in [6.07, 6.45) is 0.340. The molecule has 0 radical (unpaired) electrons. The maximum absolute atomic E-state index is 12.2. The Labute approximate surface area is 169 Å². The number of para-hydroxylation sites is 1. The number of rotatable bonds is 9. The fourth-order valence-electron chi connectivity index (χ4n) is 2.37. The van der Waals surface area contributed by atoms with Crippen LogP contribution in [0, 0.1) is 0 Å². The van der Waals surface area contributed by atoms with E-state index in [0.717, 1.165) is 34.8 Å². The molecule has 0 aliphatic rings. The molecule has 1 atom stereocenters.